The molecule has 21 heavy (non-hydrogen) atoms. The molecule has 1 aromatic carbocycles. The fraction of sp³-hybridized carbons (Fsp3) is 0.312. The number of halogens is 1. The summed E-state index contributed by atoms with van der Waals surface area (Å²) in [6.45, 7) is 8.49. The lowest BCUT2D eigenvalue weighted by atomic mass is 9.87. The minimum atomic E-state index is 0.135. The number of fused-ring (bicyclic) bond motifs is 1. The van der Waals surface area contributed by atoms with E-state index in [-0.39, 0.29) is 5.41 Å². The Labute approximate surface area is 128 Å². The highest BCUT2D eigenvalue weighted by Gasteiger charge is 2.15. The van der Waals surface area contributed by atoms with Crippen molar-refractivity contribution in [1.82, 2.24) is 19.6 Å². The van der Waals surface area contributed by atoms with Gasteiger partial charge in [-0.05, 0) is 17.9 Å². The highest BCUT2D eigenvalue weighted by atomic mass is 35.5. The highest BCUT2D eigenvalue weighted by Crippen LogP contribution is 2.26. The molecule has 0 bridgehead atoms. The van der Waals surface area contributed by atoms with E-state index in [1.807, 2.05) is 11.3 Å². The van der Waals surface area contributed by atoms with Crippen LogP contribution in [0.5, 0.6) is 0 Å². The van der Waals surface area contributed by atoms with E-state index in [1.165, 1.54) is 5.56 Å². The molecule has 0 aliphatic heterocycles. The summed E-state index contributed by atoms with van der Waals surface area (Å²) < 4.78 is 1.91. The molecule has 0 amide bonds. The van der Waals surface area contributed by atoms with Crippen LogP contribution in [0.25, 0.3) is 17.0 Å². The van der Waals surface area contributed by atoms with Gasteiger partial charge >= 0.3 is 0 Å². The van der Waals surface area contributed by atoms with E-state index in [9.17, 15) is 0 Å². The third-order valence-corrected chi connectivity index (χ3v) is 3.73. The first-order chi connectivity index (χ1) is 9.86. The predicted octanol–water partition coefficient (Wildman–Crippen LogP) is 4.05. The van der Waals surface area contributed by atoms with Gasteiger partial charge in [0.25, 0.3) is 0 Å². The van der Waals surface area contributed by atoms with Gasteiger partial charge in [0.2, 0.25) is 0 Å². The fourth-order valence-electron chi connectivity index (χ4n) is 2.36. The molecule has 4 nitrogen and oxygen atoms in total. The van der Waals surface area contributed by atoms with Crippen molar-refractivity contribution < 1.29 is 0 Å². The van der Waals surface area contributed by atoms with Crippen molar-refractivity contribution in [3.63, 3.8) is 0 Å². The smallest absolute Gasteiger partial charge is 0.169 e. The van der Waals surface area contributed by atoms with Gasteiger partial charge < -0.3 is 0 Å². The van der Waals surface area contributed by atoms with Crippen molar-refractivity contribution in [3.05, 3.63) is 46.9 Å². The molecule has 0 unspecified atom stereocenters. The van der Waals surface area contributed by atoms with Crippen molar-refractivity contribution >= 4 is 17.2 Å². The maximum absolute atomic E-state index is 5.96. The molecule has 3 aromatic rings. The molecule has 0 spiro atoms. The Kier molecular flexibility index (Phi) is 3.21. The standard InChI is InChI=1S/C16H17ClN4/c1-10-18-13(17)9-14-19-20-15(21(10)14)11-5-7-12(8-6-11)16(2,3)4/h5-9H,1-4H3. The van der Waals surface area contributed by atoms with Gasteiger partial charge in [-0.3, -0.25) is 4.40 Å². The first kappa shape index (κ1) is 14.0. The number of aryl methyl sites for hydroxylation is 1. The van der Waals surface area contributed by atoms with E-state index in [1.54, 1.807) is 6.07 Å². The minimum Gasteiger partial charge on any atom is -0.263 e. The van der Waals surface area contributed by atoms with E-state index >= 15 is 0 Å². The summed E-state index contributed by atoms with van der Waals surface area (Å²) in [4.78, 5) is 4.27. The third-order valence-electron chi connectivity index (χ3n) is 3.54. The van der Waals surface area contributed by atoms with E-state index in [0.29, 0.717) is 10.8 Å². The molecule has 0 saturated carbocycles. The molecule has 0 N–H and O–H groups in total. The zero-order chi connectivity index (χ0) is 15.2. The second-order valence-corrected chi connectivity index (χ2v) is 6.56. The summed E-state index contributed by atoms with van der Waals surface area (Å²) >= 11 is 5.96. The first-order valence-electron chi connectivity index (χ1n) is 6.85. The van der Waals surface area contributed by atoms with Gasteiger partial charge in [0.15, 0.2) is 11.5 Å². The van der Waals surface area contributed by atoms with Crippen molar-refractivity contribution in [2.24, 2.45) is 0 Å². The second kappa shape index (κ2) is 4.81. The molecule has 2 aromatic heterocycles. The van der Waals surface area contributed by atoms with Crippen LogP contribution >= 0.6 is 11.6 Å². The molecule has 0 saturated heterocycles. The van der Waals surface area contributed by atoms with Crippen LogP contribution in [0.3, 0.4) is 0 Å². The lowest BCUT2D eigenvalue weighted by Gasteiger charge is -2.19. The molecule has 0 fully saturated rings. The average molecular weight is 301 g/mol. The normalized spacial score (nSPS) is 12.0. The average Bonchev–Trinajstić information content (AvgIpc) is 2.81. The summed E-state index contributed by atoms with van der Waals surface area (Å²) in [6.07, 6.45) is 0. The van der Waals surface area contributed by atoms with E-state index in [2.05, 4.69) is 60.2 Å². The van der Waals surface area contributed by atoms with Crippen molar-refractivity contribution in [2.75, 3.05) is 0 Å². The maximum Gasteiger partial charge on any atom is 0.169 e. The number of hydrogen-bond acceptors (Lipinski definition) is 3. The molecular weight excluding hydrogens is 284 g/mol. The Balaban J connectivity index is 2.13. The van der Waals surface area contributed by atoms with Gasteiger partial charge in [0.05, 0.1) is 0 Å². The molecule has 0 radical (unpaired) electrons. The summed E-state index contributed by atoms with van der Waals surface area (Å²) in [5.41, 5.74) is 3.15. The van der Waals surface area contributed by atoms with Crippen LogP contribution in [0.1, 0.15) is 32.2 Å². The van der Waals surface area contributed by atoms with E-state index in [0.717, 1.165) is 17.2 Å². The molecule has 0 aliphatic rings. The summed E-state index contributed by atoms with van der Waals surface area (Å²) in [5, 5.41) is 8.88. The van der Waals surface area contributed by atoms with Crippen LogP contribution in [-0.2, 0) is 5.41 Å². The third kappa shape index (κ3) is 2.51. The highest BCUT2D eigenvalue weighted by molar-refractivity contribution is 6.29. The minimum absolute atomic E-state index is 0.135. The molecule has 0 atom stereocenters. The quantitative estimate of drug-likeness (QED) is 0.637. The Morgan fingerprint density at radius 3 is 2.33 bits per heavy atom. The summed E-state index contributed by atoms with van der Waals surface area (Å²) in [6, 6.07) is 10.1. The van der Waals surface area contributed by atoms with Crippen molar-refractivity contribution in [3.8, 4) is 11.4 Å². The SMILES string of the molecule is Cc1nc(Cl)cc2nnc(-c3ccc(C(C)(C)C)cc3)n12. The van der Waals surface area contributed by atoms with Crippen molar-refractivity contribution in [1.29, 1.82) is 0 Å². The Morgan fingerprint density at radius 2 is 1.71 bits per heavy atom. The lowest BCUT2D eigenvalue weighted by molar-refractivity contribution is 0.590. The molecule has 5 heteroatoms. The summed E-state index contributed by atoms with van der Waals surface area (Å²) in [7, 11) is 0. The van der Waals surface area contributed by atoms with Crippen LogP contribution in [0, 0.1) is 6.92 Å². The van der Waals surface area contributed by atoms with Crippen LogP contribution in [-0.4, -0.2) is 19.6 Å². The predicted molar refractivity (Wildman–Crippen MR) is 84.7 cm³/mol. The first-order valence-corrected chi connectivity index (χ1v) is 7.23. The van der Waals surface area contributed by atoms with Crippen LogP contribution in [0.4, 0.5) is 0 Å². The maximum atomic E-state index is 5.96. The number of benzene rings is 1. The van der Waals surface area contributed by atoms with Gasteiger partial charge in [0.1, 0.15) is 11.0 Å². The second-order valence-electron chi connectivity index (χ2n) is 6.17. The van der Waals surface area contributed by atoms with Crippen LogP contribution in [0.2, 0.25) is 5.15 Å². The Morgan fingerprint density at radius 1 is 1.05 bits per heavy atom. The molecule has 108 valence electrons. The number of nitrogens with zero attached hydrogens (tertiary/aromatic N) is 4. The van der Waals surface area contributed by atoms with E-state index in [4.69, 9.17) is 11.6 Å². The lowest BCUT2D eigenvalue weighted by Crippen LogP contribution is -2.10. The van der Waals surface area contributed by atoms with Gasteiger partial charge in [-0.15, -0.1) is 10.2 Å². The zero-order valence-electron chi connectivity index (χ0n) is 12.6. The molecule has 2 heterocycles. The van der Waals surface area contributed by atoms with Crippen molar-refractivity contribution in [2.45, 2.75) is 33.1 Å². The largest absolute Gasteiger partial charge is 0.263 e. The Hall–Kier alpha value is -1.94. The number of hydrogen-bond donors (Lipinski definition) is 0. The number of rotatable bonds is 1. The van der Waals surface area contributed by atoms with Crippen LogP contribution < -0.4 is 0 Å². The van der Waals surface area contributed by atoms with Gasteiger partial charge in [-0.2, -0.15) is 0 Å². The van der Waals surface area contributed by atoms with E-state index < -0.39 is 0 Å². The fourth-order valence-corrected chi connectivity index (χ4v) is 2.58. The topological polar surface area (TPSA) is 43.1 Å². The van der Waals surface area contributed by atoms with Gasteiger partial charge in [-0.25, -0.2) is 4.98 Å². The number of aromatic nitrogens is 4. The van der Waals surface area contributed by atoms with Gasteiger partial charge in [0, 0.05) is 11.6 Å². The van der Waals surface area contributed by atoms with Gasteiger partial charge in [-0.1, -0.05) is 56.6 Å². The summed E-state index contributed by atoms with van der Waals surface area (Å²) in [5.74, 6) is 1.56. The zero-order valence-corrected chi connectivity index (χ0v) is 13.3. The van der Waals surface area contributed by atoms with Crippen LogP contribution in [0.15, 0.2) is 30.3 Å². The molecule has 0 aliphatic carbocycles. The Bertz CT molecular complexity index is 797. The molecular formula is C16H17ClN4. The molecule has 3 rings (SSSR count). The monoisotopic (exact) mass is 300 g/mol.